The van der Waals surface area contributed by atoms with Crippen LogP contribution in [-0.2, 0) is 0 Å². The Morgan fingerprint density at radius 2 is 2.25 bits per heavy atom. The lowest BCUT2D eigenvalue weighted by molar-refractivity contribution is 0.0763. The van der Waals surface area contributed by atoms with Crippen LogP contribution in [0.1, 0.15) is 16.1 Å². The first kappa shape index (κ1) is 15.5. The van der Waals surface area contributed by atoms with Gasteiger partial charge in [-0.25, -0.2) is 0 Å². The SMILES string of the molecule is CNCCN(C)C(=O)c1oc(Br)cc1C.Cl. The molecule has 0 spiro atoms. The summed E-state index contributed by atoms with van der Waals surface area (Å²) in [7, 11) is 3.61. The topological polar surface area (TPSA) is 45.5 Å². The summed E-state index contributed by atoms with van der Waals surface area (Å²) in [4.78, 5) is 13.5. The third-order valence-corrected chi connectivity index (χ3v) is 2.52. The second kappa shape index (κ2) is 6.93. The summed E-state index contributed by atoms with van der Waals surface area (Å²) in [5.74, 6) is 0.314. The molecule has 0 aliphatic rings. The van der Waals surface area contributed by atoms with Crippen molar-refractivity contribution in [3.05, 3.63) is 22.1 Å². The quantitative estimate of drug-likeness (QED) is 0.926. The molecule has 0 aliphatic heterocycles. The first-order chi connectivity index (χ1) is 7.06. The van der Waals surface area contributed by atoms with E-state index < -0.39 is 0 Å². The molecule has 6 heteroatoms. The van der Waals surface area contributed by atoms with Gasteiger partial charge in [-0.15, -0.1) is 12.4 Å². The van der Waals surface area contributed by atoms with Gasteiger partial charge in [0.05, 0.1) is 0 Å². The summed E-state index contributed by atoms with van der Waals surface area (Å²) in [6.45, 7) is 3.28. The molecule has 1 rings (SSSR count). The van der Waals surface area contributed by atoms with E-state index in [0.29, 0.717) is 17.0 Å². The molecule has 16 heavy (non-hydrogen) atoms. The fraction of sp³-hybridized carbons (Fsp3) is 0.500. The standard InChI is InChI=1S/C10H15BrN2O2.ClH/c1-7-6-8(11)15-9(7)10(14)13(3)5-4-12-2;/h6,12H,4-5H2,1-3H3;1H. The summed E-state index contributed by atoms with van der Waals surface area (Å²) in [5, 5.41) is 2.99. The Morgan fingerprint density at radius 1 is 1.62 bits per heavy atom. The normalized spacial score (nSPS) is 9.75. The third-order valence-electron chi connectivity index (χ3n) is 2.13. The van der Waals surface area contributed by atoms with Crippen molar-refractivity contribution in [2.45, 2.75) is 6.92 Å². The molecule has 0 aromatic carbocycles. The fourth-order valence-electron chi connectivity index (χ4n) is 1.21. The Hall–Kier alpha value is -0.520. The van der Waals surface area contributed by atoms with Crippen molar-refractivity contribution in [3.8, 4) is 0 Å². The van der Waals surface area contributed by atoms with Gasteiger partial charge in [-0.05, 0) is 36.0 Å². The number of amides is 1. The molecule has 0 atom stereocenters. The minimum atomic E-state index is -0.0894. The molecule has 4 nitrogen and oxygen atoms in total. The van der Waals surface area contributed by atoms with Gasteiger partial charge < -0.3 is 14.6 Å². The molecular weight excluding hydrogens is 295 g/mol. The number of carbonyl (C=O) groups excluding carboxylic acids is 1. The number of likely N-dealkylation sites (N-methyl/N-ethyl adjacent to an activating group) is 2. The van der Waals surface area contributed by atoms with E-state index in [1.165, 1.54) is 0 Å². The molecule has 1 heterocycles. The van der Waals surface area contributed by atoms with Gasteiger partial charge in [0.1, 0.15) is 0 Å². The van der Waals surface area contributed by atoms with E-state index in [1.807, 2.05) is 14.0 Å². The summed E-state index contributed by atoms with van der Waals surface area (Å²) in [6.07, 6.45) is 0. The van der Waals surface area contributed by atoms with Crippen LogP contribution in [0.3, 0.4) is 0 Å². The highest BCUT2D eigenvalue weighted by atomic mass is 79.9. The largest absolute Gasteiger partial charge is 0.444 e. The predicted octanol–water partition coefficient (Wildman–Crippen LogP) is 2.06. The number of furan rings is 1. The molecule has 1 N–H and O–H groups in total. The van der Waals surface area contributed by atoms with E-state index in [9.17, 15) is 4.79 Å². The van der Waals surface area contributed by atoms with Gasteiger partial charge in [0.2, 0.25) is 0 Å². The highest BCUT2D eigenvalue weighted by Crippen LogP contribution is 2.20. The molecule has 0 unspecified atom stereocenters. The third kappa shape index (κ3) is 3.81. The van der Waals surface area contributed by atoms with E-state index >= 15 is 0 Å². The molecule has 0 bridgehead atoms. The number of nitrogens with one attached hydrogen (secondary N) is 1. The molecular formula is C10H16BrClN2O2. The van der Waals surface area contributed by atoms with E-state index in [0.717, 1.165) is 12.1 Å². The molecule has 92 valence electrons. The second-order valence-corrected chi connectivity index (χ2v) is 4.17. The van der Waals surface area contributed by atoms with Gasteiger partial charge in [-0.3, -0.25) is 4.79 Å². The van der Waals surface area contributed by atoms with Gasteiger partial charge in [0.25, 0.3) is 5.91 Å². The number of carbonyl (C=O) groups is 1. The Balaban J connectivity index is 0.00000225. The average molecular weight is 312 g/mol. The van der Waals surface area contributed by atoms with Gasteiger partial charge in [-0.2, -0.15) is 0 Å². The van der Waals surface area contributed by atoms with Crippen LogP contribution in [0.25, 0.3) is 0 Å². The van der Waals surface area contributed by atoms with E-state index in [4.69, 9.17) is 4.42 Å². The Kier molecular flexibility index (Phi) is 6.71. The predicted molar refractivity (Wildman–Crippen MR) is 69.3 cm³/mol. The van der Waals surface area contributed by atoms with Gasteiger partial charge in [0.15, 0.2) is 10.4 Å². The molecule has 0 saturated carbocycles. The average Bonchev–Trinajstić information content (AvgIpc) is 2.53. The molecule has 1 aromatic rings. The Morgan fingerprint density at radius 3 is 2.69 bits per heavy atom. The summed E-state index contributed by atoms with van der Waals surface area (Å²) in [6, 6.07) is 1.79. The van der Waals surface area contributed by atoms with Crippen LogP contribution in [0, 0.1) is 6.92 Å². The van der Waals surface area contributed by atoms with Crippen LogP contribution in [0.5, 0.6) is 0 Å². The number of hydrogen-bond acceptors (Lipinski definition) is 3. The lowest BCUT2D eigenvalue weighted by Crippen LogP contribution is -2.32. The van der Waals surface area contributed by atoms with Crippen LogP contribution < -0.4 is 5.32 Å². The Labute approximate surface area is 110 Å². The zero-order valence-corrected chi connectivity index (χ0v) is 11.9. The van der Waals surface area contributed by atoms with Crippen molar-refractivity contribution in [2.24, 2.45) is 0 Å². The van der Waals surface area contributed by atoms with Crippen molar-refractivity contribution in [2.75, 3.05) is 27.2 Å². The van der Waals surface area contributed by atoms with Crippen LogP contribution in [0.2, 0.25) is 0 Å². The first-order valence-corrected chi connectivity index (χ1v) is 5.51. The summed E-state index contributed by atoms with van der Waals surface area (Å²) < 4.78 is 5.87. The zero-order chi connectivity index (χ0) is 11.4. The highest BCUT2D eigenvalue weighted by Gasteiger charge is 2.18. The maximum atomic E-state index is 11.9. The van der Waals surface area contributed by atoms with Crippen molar-refractivity contribution in [3.63, 3.8) is 0 Å². The minimum absolute atomic E-state index is 0. The molecule has 0 radical (unpaired) electrons. The maximum absolute atomic E-state index is 11.9. The first-order valence-electron chi connectivity index (χ1n) is 4.72. The van der Waals surface area contributed by atoms with Gasteiger partial charge >= 0.3 is 0 Å². The van der Waals surface area contributed by atoms with Crippen molar-refractivity contribution in [1.82, 2.24) is 10.2 Å². The second-order valence-electron chi connectivity index (χ2n) is 3.39. The number of hydrogen-bond donors (Lipinski definition) is 1. The van der Waals surface area contributed by atoms with Crippen molar-refractivity contribution < 1.29 is 9.21 Å². The van der Waals surface area contributed by atoms with E-state index in [2.05, 4.69) is 21.2 Å². The molecule has 1 aromatic heterocycles. The monoisotopic (exact) mass is 310 g/mol. The Bertz CT molecular complexity index is 355. The number of rotatable bonds is 4. The van der Waals surface area contributed by atoms with E-state index in [-0.39, 0.29) is 18.3 Å². The zero-order valence-electron chi connectivity index (χ0n) is 9.54. The lowest BCUT2D eigenvalue weighted by Gasteiger charge is -2.15. The van der Waals surface area contributed by atoms with Crippen LogP contribution in [-0.4, -0.2) is 38.0 Å². The molecule has 0 fully saturated rings. The molecule has 0 saturated heterocycles. The van der Waals surface area contributed by atoms with E-state index in [1.54, 1.807) is 18.0 Å². The minimum Gasteiger partial charge on any atom is -0.444 e. The fourth-order valence-corrected chi connectivity index (χ4v) is 1.72. The van der Waals surface area contributed by atoms with Crippen molar-refractivity contribution >= 4 is 34.2 Å². The summed E-state index contributed by atoms with van der Waals surface area (Å²) >= 11 is 3.20. The number of aryl methyl sites for hydroxylation is 1. The smallest absolute Gasteiger partial charge is 0.289 e. The molecule has 1 amide bonds. The molecule has 0 aliphatic carbocycles. The van der Waals surface area contributed by atoms with Crippen molar-refractivity contribution in [1.29, 1.82) is 0 Å². The maximum Gasteiger partial charge on any atom is 0.289 e. The summed E-state index contributed by atoms with van der Waals surface area (Å²) in [5.41, 5.74) is 0.850. The van der Waals surface area contributed by atoms with Crippen LogP contribution in [0.15, 0.2) is 15.2 Å². The van der Waals surface area contributed by atoms with Gasteiger partial charge in [-0.1, -0.05) is 0 Å². The lowest BCUT2D eigenvalue weighted by atomic mass is 10.2. The number of halogens is 2. The number of nitrogens with zero attached hydrogens (tertiary/aromatic N) is 1. The van der Waals surface area contributed by atoms with Crippen LogP contribution in [0.4, 0.5) is 0 Å². The van der Waals surface area contributed by atoms with Gasteiger partial charge in [0, 0.05) is 25.7 Å². The highest BCUT2D eigenvalue weighted by molar-refractivity contribution is 9.10. The van der Waals surface area contributed by atoms with Crippen LogP contribution >= 0.6 is 28.3 Å².